The number of nitrogens with zero attached hydrogens (tertiary/aromatic N) is 1. The number of nitrogen functional groups attached to an aromatic ring is 1. The second-order valence-corrected chi connectivity index (χ2v) is 1.33. The highest BCUT2D eigenvalue weighted by Crippen LogP contribution is 1.82. The molecule has 4 nitrogen and oxygen atoms in total. The van der Waals surface area contributed by atoms with E-state index in [9.17, 15) is 4.79 Å². The van der Waals surface area contributed by atoms with Gasteiger partial charge in [-0.05, 0) is 6.07 Å². The molecule has 0 spiro atoms. The minimum Gasteiger partial charge on any atom is -0.385 e. The number of hydrogen-bond donors (Lipinski definition) is 2. The maximum Gasteiger partial charge on any atom is 0.346 e. The van der Waals surface area contributed by atoms with Crippen LogP contribution in [-0.2, 0) is 0 Å². The van der Waals surface area contributed by atoms with Gasteiger partial charge in [-0.15, -0.1) is 0 Å². The van der Waals surface area contributed by atoms with E-state index < -0.39 is 5.69 Å². The monoisotopic (exact) mass is 113 g/mol. The number of aromatic amines is 1. The molecule has 0 aliphatic carbocycles. The van der Waals surface area contributed by atoms with Crippen molar-refractivity contribution in [1.29, 1.82) is 0 Å². The molecular formula is C4H5N3O. The summed E-state index contributed by atoms with van der Waals surface area (Å²) in [6.07, 6.45) is 1.36. The molecule has 4 heteroatoms. The molecule has 0 bridgehead atoms. The van der Waals surface area contributed by atoms with Gasteiger partial charge in [0.1, 0.15) is 5.82 Å². The molecule has 0 saturated heterocycles. The molecule has 1 aromatic heterocycles. The van der Waals surface area contributed by atoms with Crippen molar-refractivity contribution < 1.29 is 0 Å². The predicted molar refractivity (Wildman–Crippen MR) is 29.3 cm³/mol. The molecule has 0 aromatic carbocycles. The minimum absolute atomic E-state index is 0.338. The van der Waals surface area contributed by atoms with Gasteiger partial charge in [-0.25, -0.2) is 9.78 Å². The Hall–Kier alpha value is -1.32. The highest BCUT2D eigenvalue weighted by Gasteiger charge is 1.80. The molecule has 0 fully saturated rings. The van der Waals surface area contributed by atoms with E-state index in [1.54, 1.807) is 0 Å². The first-order chi connectivity index (χ1) is 3.79. The summed E-state index contributed by atoms with van der Waals surface area (Å²) in [5, 5.41) is 0. The van der Waals surface area contributed by atoms with Crippen LogP contribution in [0, 0.1) is 0 Å². The molecule has 0 atom stereocenters. The summed E-state index contributed by atoms with van der Waals surface area (Å²) < 4.78 is 0. The van der Waals surface area contributed by atoms with Gasteiger partial charge in [-0.3, -0.25) is 4.98 Å². The predicted octanol–water partition coefficient (Wildman–Crippen LogP) is -0.648. The van der Waals surface area contributed by atoms with Crippen LogP contribution < -0.4 is 11.4 Å². The molecule has 0 aliphatic heterocycles. The van der Waals surface area contributed by atoms with E-state index in [-0.39, 0.29) is 0 Å². The highest BCUT2D eigenvalue weighted by atomic mass is 16.3. The van der Waals surface area contributed by atoms with Gasteiger partial charge in [-0.1, -0.05) is 0 Å². The molecule has 3 N–H and O–H groups in total. The number of hydrogen-bond acceptors (Lipinski definition) is 3. The van der Waals surface area contributed by atoms with E-state index in [2.05, 4.69) is 9.97 Å². The van der Waals surface area contributed by atoms with Crippen molar-refractivity contribution in [3.05, 3.63) is 22.7 Å². The number of anilines is 1. The Morgan fingerprint density at radius 2 is 2.62 bits per heavy atom. The Morgan fingerprint density at radius 1 is 1.88 bits per heavy atom. The summed E-state index contributed by atoms with van der Waals surface area (Å²) in [4.78, 5) is 15.9. The van der Waals surface area contributed by atoms with Gasteiger partial charge < -0.3 is 5.73 Å². The Balaban J connectivity index is 3.28. The van der Waals surface area contributed by atoms with Crippen LogP contribution in [0.5, 0.6) is 0 Å². The summed E-state index contributed by atoms with van der Waals surface area (Å²) >= 11 is 0. The smallest absolute Gasteiger partial charge is 0.346 e. The van der Waals surface area contributed by atoms with Crippen LogP contribution in [0.2, 0.25) is 0 Å². The average molecular weight is 113 g/mol. The van der Waals surface area contributed by atoms with E-state index >= 15 is 0 Å². The van der Waals surface area contributed by atoms with Gasteiger partial charge in [0.15, 0.2) is 0 Å². The third kappa shape index (κ3) is 0.841. The highest BCUT2D eigenvalue weighted by molar-refractivity contribution is 5.22. The lowest BCUT2D eigenvalue weighted by Crippen LogP contribution is -2.10. The van der Waals surface area contributed by atoms with Crippen LogP contribution in [-0.4, -0.2) is 9.97 Å². The van der Waals surface area contributed by atoms with E-state index in [0.717, 1.165) is 0 Å². The van der Waals surface area contributed by atoms with Gasteiger partial charge in [0.2, 0.25) is 0 Å². The van der Waals surface area contributed by atoms with Gasteiger partial charge in [0, 0.05) is 6.20 Å². The fourth-order valence-corrected chi connectivity index (χ4v) is 0.383. The van der Waals surface area contributed by atoms with Crippen molar-refractivity contribution in [2.45, 2.75) is 0 Å². The van der Waals surface area contributed by atoms with E-state index in [0.29, 0.717) is 5.82 Å². The molecule has 1 aromatic rings. The van der Waals surface area contributed by atoms with Crippen molar-refractivity contribution in [2.75, 3.05) is 5.73 Å². The Kier molecular flexibility index (Phi) is 0.997. The molecule has 42 valence electrons. The summed E-state index contributed by atoms with van der Waals surface area (Å²) in [5.74, 6) is 0.338. The maximum atomic E-state index is 10.2. The maximum absolute atomic E-state index is 10.2. The van der Waals surface area contributed by atoms with E-state index in [1.807, 2.05) is 0 Å². The standard InChI is InChI=1S/C4H5N3O/c5-3-1-2-6-4(8)7-3/h1-2H,(H3,5,6,7,8)/i4+2. The topological polar surface area (TPSA) is 71.8 Å². The van der Waals surface area contributed by atoms with Crippen LogP contribution in [0.3, 0.4) is 0 Å². The zero-order valence-corrected chi connectivity index (χ0v) is 4.09. The molecule has 8 heavy (non-hydrogen) atoms. The van der Waals surface area contributed by atoms with E-state index in [1.165, 1.54) is 12.3 Å². The lowest BCUT2D eigenvalue weighted by atomic mass is 10.6. The molecule has 0 saturated carbocycles. The van der Waals surface area contributed by atoms with Crippen molar-refractivity contribution in [2.24, 2.45) is 0 Å². The fraction of sp³-hybridized carbons (Fsp3) is 0. The van der Waals surface area contributed by atoms with Crippen LogP contribution in [0.25, 0.3) is 0 Å². The molecule has 0 unspecified atom stereocenters. The quantitative estimate of drug-likeness (QED) is 0.469. The lowest BCUT2D eigenvalue weighted by Gasteiger charge is -1.84. The van der Waals surface area contributed by atoms with E-state index in [4.69, 9.17) is 5.73 Å². The van der Waals surface area contributed by atoms with Gasteiger partial charge >= 0.3 is 5.69 Å². The number of nitrogens with one attached hydrogen (secondary N) is 1. The van der Waals surface area contributed by atoms with Crippen LogP contribution in [0.15, 0.2) is 17.1 Å². The first kappa shape index (κ1) is 4.83. The minimum atomic E-state index is -0.412. The SMILES string of the molecule is Nc1ccn[14c](=O)[nH]1. The van der Waals surface area contributed by atoms with Crippen LogP contribution in [0.1, 0.15) is 0 Å². The number of nitrogens with two attached hydrogens (primary N) is 1. The number of rotatable bonds is 0. The second kappa shape index (κ2) is 1.65. The Bertz CT molecular complexity index is 229. The van der Waals surface area contributed by atoms with Crippen molar-refractivity contribution in [3.8, 4) is 0 Å². The number of H-pyrrole nitrogens is 1. The fourth-order valence-electron chi connectivity index (χ4n) is 0.383. The molecule has 0 aliphatic rings. The Morgan fingerprint density at radius 3 is 3.00 bits per heavy atom. The first-order valence-electron chi connectivity index (χ1n) is 2.10. The zero-order valence-electron chi connectivity index (χ0n) is 4.09. The van der Waals surface area contributed by atoms with Gasteiger partial charge in [0.25, 0.3) is 0 Å². The third-order valence-corrected chi connectivity index (χ3v) is 0.697. The molecule has 0 radical (unpaired) electrons. The normalized spacial score (nSPS) is 9.00. The lowest BCUT2D eigenvalue weighted by molar-refractivity contribution is 1.08. The summed E-state index contributed by atoms with van der Waals surface area (Å²) in [5.41, 5.74) is 4.75. The third-order valence-electron chi connectivity index (χ3n) is 0.697. The van der Waals surface area contributed by atoms with Crippen molar-refractivity contribution in [3.63, 3.8) is 0 Å². The largest absolute Gasteiger partial charge is 0.385 e. The van der Waals surface area contributed by atoms with Crippen LogP contribution >= 0.6 is 0 Å². The summed E-state index contributed by atoms with van der Waals surface area (Å²) in [7, 11) is 0. The molecule has 1 heterocycles. The van der Waals surface area contributed by atoms with Gasteiger partial charge in [0.05, 0.1) is 0 Å². The Labute approximate surface area is 45.4 Å². The summed E-state index contributed by atoms with van der Waals surface area (Å²) in [6.45, 7) is 0. The first-order valence-corrected chi connectivity index (χ1v) is 2.10. The van der Waals surface area contributed by atoms with Crippen LogP contribution in [0.4, 0.5) is 5.82 Å². The molecule has 1 rings (SSSR count). The van der Waals surface area contributed by atoms with Crippen molar-refractivity contribution in [1.82, 2.24) is 9.97 Å². The zero-order chi connectivity index (χ0) is 5.98. The van der Waals surface area contributed by atoms with Crippen molar-refractivity contribution >= 4 is 5.82 Å². The molecular weight excluding hydrogens is 108 g/mol. The second-order valence-electron chi connectivity index (χ2n) is 1.33. The van der Waals surface area contributed by atoms with Gasteiger partial charge in [-0.2, -0.15) is 0 Å². The average Bonchev–Trinajstić information content (AvgIpc) is 1.64. The summed E-state index contributed by atoms with van der Waals surface area (Å²) in [6, 6.07) is 1.52. The molecule has 0 amide bonds. The number of aromatic nitrogens is 2.